The van der Waals surface area contributed by atoms with Crippen molar-refractivity contribution in [2.45, 2.75) is 32.2 Å². The van der Waals surface area contributed by atoms with Gasteiger partial charge in [-0.1, -0.05) is 24.9 Å². The fourth-order valence-corrected chi connectivity index (χ4v) is 1.96. The third kappa shape index (κ3) is 4.75. The number of nitro groups is 1. The molecule has 0 aliphatic heterocycles. The molecule has 1 unspecified atom stereocenters. The minimum absolute atomic E-state index is 0.0997. The fraction of sp³-hybridized carbons (Fsp3) is 0.417. The molecule has 0 saturated heterocycles. The summed E-state index contributed by atoms with van der Waals surface area (Å²) in [5.74, 6) is -0.948. The first kappa shape index (κ1) is 15.2. The quantitative estimate of drug-likeness (QED) is 0.592. The summed E-state index contributed by atoms with van der Waals surface area (Å²) in [4.78, 5) is 21.1. The number of anilines is 1. The Hall–Kier alpha value is -1.82. The summed E-state index contributed by atoms with van der Waals surface area (Å²) in [6.45, 7) is 1.92. The lowest BCUT2D eigenvalue weighted by Crippen LogP contribution is -2.23. The van der Waals surface area contributed by atoms with Crippen LogP contribution < -0.4 is 5.32 Å². The second kappa shape index (κ2) is 6.94. The Morgan fingerprint density at radius 2 is 2.26 bits per heavy atom. The van der Waals surface area contributed by atoms with Gasteiger partial charge >= 0.3 is 5.97 Å². The molecular formula is C12H15ClN2O4. The molecule has 104 valence electrons. The van der Waals surface area contributed by atoms with Crippen molar-refractivity contribution in [2.24, 2.45) is 0 Å². The van der Waals surface area contributed by atoms with Gasteiger partial charge in [-0.15, -0.1) is 0 Å². The van der Waals surface area contributed by atoms with Gasteiger partial charge in [-0.05, 0) is 18.6 Å². The molecule has 0 spiro atoms. The zero-order valence-electron chi connectivity index (χ0n) is 10.4. The number of hydrogen-bond donors (Lipinski definition) is 2. The molecule has 0 saturated carbocycles. The van der Waals surface area contributed by atoms with Gasteiger partial charge in [0.2, 0.25) is 0 Å². The van der Waals surface area contributed by atoms with Crippen molar-refractivity contribution in [3.63, 3.8) is 0 Å². The smallest absolute Gasteiger partial charge is 0.305 e. The molecule has 0 amide bonds. The van der Waals surface area contributed by atoms with E-state index < -0.39 is 10.9 Å². The van der Waals surface area contributed by atoms with Gasteiger partial charge in [-0.2, -0.15) is 0 Å². The van der Waals surface area contributed by atoms with E-state index in [9.17, 15) is 14.9 Å². The van der Waals surface area contributed by atoms with Gasteiger partial charge in [0.25, 0.3) is 5.69 Å². The van der Waals surface area contributed by atoms with Crippen LogP contribution in [0.15, 0.2) is 18.2 Å². The van der Waals surface area contributed by atoms with Gasteiger partial charge in [0.1, 0.15) is 5.69 Å². The Balaban J connectivity index is 2.96. The molecule has 1 aromatic rings. The Morgan fingerprint density at radius 1 is 1.58 bits per heavy atom. The molecule has 1 aromatic carbocycles. The zero-order chi connectivity index (χ0) is 14.4. The van der Waals surface area contributed by atoms with Crippen molar-refractivity contribution < 1.29 is 14.8 Å². The monoisotopic (exact) mass is 286 g/mol. The number of benzene rings is 1. The fourth-order valence-electron chi connectivity index (χ4n) is 1.79. The van der Waals surface area contributed by atoms with E-state index in [2.05, 4.69) is 5.32 Å². The van der Waals surface area contributed by atoms with Crippen LogP contribution in [0.1, 0.15) is 26.2 Å². The van der Waals surface area contributed by atoms with E-state index in [4.69, 9.17) is 16.7 Å². The van der Waals surface area contributed by atoms with Crippen LogP contribution in [0.2, 0.25) is 5.02 Å². The molecule has 1 rings (SSSR count). The Morgan fingerprint density at radius 3 is 2.79 bits per heavy atom. The summed E-state index contributed by atoms with van der Waals surface area (Å²) in [7, 11) is 0. The number of hydrogen-bond acceptors (Lipinski definition) is 4. The van der Waals surface area contributed by atoms with Crippen molar-refractivity contribution in [2.75, 3.05) is 5.32 Å². The van der Waals surface area contributed by atoms with Gasteiger partial charge in [0.15, 0.2) is 0 Å². The second-order valence-electron chi connectivity index (χ2n) is 4.15. The van der Waals surface area contributed by atoms with Gasteiger partial charge in [0.05, 0.1) is 11.3 Å². The van der Waals surface area contributed by atoms with Gasteiger partial charge in [-0.25, -0.2) is 0 Å². The zero-order valence-corrected chi connectivity index (χ0v) is 11.2. The van der Waals surface area contributed by atoms with Gasteiger partial charge < -0.3 is 10.4 Å². The average molecular weight is 287 g/mol. The molecule has 0 fully saturated rings. The minimum atomic E-state index is -0.948. The molecule has 2 N–H and O–H groups in total. The molecule has 1 atom stereocenters. The SMILES string of the molecule is CCCC(CC(=O)O)Nc1cc(Cl)ccc1[N+](=O)[O-]. The van der Waals surface area contributed by atoms with Crippen molar-refractivity contribution in [3.8, 4) is 0 Å². The number of carboxylic acids is 1. The maximum atomic E-state index is 10.9. The summed E-state index contributed by atoms with van der Waals surface area (Å²) < 4.78 is 0. The average Bonchev–Trinajstić information content (AvgIpc) is 2.27. The maximum Gasteiger partial charge on any atom is 0.305 e. The molecule has 0 bridgehead atoms. The lowest BCUT2D eigenvalue weighted by atomic mass is 10.1. The second-order valence-corrected chi connectivity index (χ2v) is 4.58. The number of nitrogens with one attached hydrogen (secondary N) is 1. The molecular weight excluding hydrogens is 272 g/mol. The number of rotatable bonds is 7. The standard InChI is InChI=1S/C12H15ClN2O4/c1-2-3-9(7-12(16)17)14-10-6-8(13)4-5-11(10)15(18)19/h4-6,9,14H,2-3,7H2,1H3,(H,16,17). The van der Waals surface area contributed by atoms with Crippen LogP contribution >= 0.6 is 11.6 Å². The van der Waals surface area contributed by atoms with Crippen molar-refractivity contribution >= 4 is 28.9 Å². The molecule has 0 aromatic heterocycles. The van der Waals surface area contributed by atoms with Crippen LogP contribution in [0.4, 0.5) is 11.4 Å². The highest BCUT2D eigenvalue weighted by Crippen LogP contribution is 2.29. The largest absolute Gasteiger partial charge is 0.481 e. The van der Waals surface area contributed by atoms with E-state index in [-0.39, 0.29) is 23.8 Å². The number of halogens is 1. The summed E-state index contributed by atoms with van der Waals surface area (Å²) in [6, 6.07) is 3.80. The number of aliphatic carboxylic acids is 1. The first-order valence-electron chi connectivity index (χ1n) is 5.86. The molecule has 0 heterocycles. The van der Waals surface area contributed by atoms with Crippen molar-refractivity contribution in [3.05, 3.63) is 33.3 Å². The molecule has 0 radical (unpaired) electrons. The van der Waals surface area contributed by atoms with Crippen molar-refractivity contribution in [1.29, 1.82) is 0 Å². The van der Waals surface area contributed by atoms with E-state index in [0.717, 1.165) is 6.42 Å². The number of nitrogens with zero attached hydrogens (tertiary/aromatic N) is 1. The predicted molar refractivity (Wildman–Crippen MR) is 72.7 cm³/mol. The Bertz CT molecular complexity index is 479. The summed E-state index contributed by atoms with van der Waals surface area (Å²) in [5, 5.41) is 23.0. The number of carboxylic acid groups (broad SMARTS) is 1. The van der Waals surface area contributed by atoms with Gasteiger partial charge in [-0.3, -0.25) is 14.9 Å². The predicted octanol–water partition coefficient (Wildman–Crippen LogP) is 3.30. The highest BCUT2D eigenvalue weighted by atomic mass is 35.5. The Kier molecular flexibility index (Phi) is 5.57. The molecule has 0 aliphatic rings. The molecule has 7 heteroatoms. The summed E-state index contributed by atoms with van der Waals surface area (Å²) in [6.07, 6.45) is 1.28. The van der Waals surface area contributed by atoms with Crippen LogP contribution in [0.25, 0.3) is 0 Å². The third-order valence-electron chi connectivity index (χ3n) is 2.57. The molecule has 0 aliphatic carbocycles. The summed E-state index contributed by atoms with van der Waals surface area (Å²) >= 11 is 5.81. The highest BCUT2D eigenvalue weighted by molar-refractivity contribution is 6.31. The van der Waals surface area contributed by atoms with Crippen LogP contribution in [-0.2, 0) is 4.79 Å². The molecule has 6 nitrogen and oxygen atoms in total. The van der Waals surface area contributed by atoms with Crippen LogP contribution in [0.5, 0.6) is 0 Å². The molecule has 19 heavy (non-hydrogen) atoms. The third-order valence-corrected chi connectivity index (χ3v) is 2.81. The maximum absolute atomic E-state index is 10.9. The van der Waals surface area contributed by atoms with Crippen LogP contribution in [0, 0.1) is 10.1 Å². The lowest BCUT2D eigenvalue weighted by Gasteiger charge is -2.17. The van der Waals surface area contributed by atoms with E-state index in [1.165, 1.54) is 18.2 Å². The summed E-state index contributed by atoms with van der Waals surface area (Å²) in [5.41, 5.74) is 0.132. The number of nitro benzene ring substituents is 1. The van der Waals surface area contributed by atoms with Crippen LogP contribution in [0.3, 0.4) is 0 Å². The van der Waals surface area contributed by atoms with E-state index >= 15 is 0 Å². The van der Waals surface area contributed by atoms with Crippen molar-refractivity contribution in [1.82, 2.24) is 0 Å². The lowest BCUT2D eigenvalue weighted by molar-refractivity contribution is -0.384. The topological polar surface area (TPSA) is 92.5 Å². The first-order valence-corrected chi connectivity index (χ1v) is 6.24. The van der Waals surface area contributed by atoms with E-state index in [1.54, 1.807) is 0 Å². The highest BCUT2D eigenvalue weighted by Gasteiger charge is 2.19. The first-order chi connectivity index (χ1) is 8.93. The number of carbonyl (C=O) groups is 1. The normalized spacial score (nSPS) is 11.9. The Labute approximate surface area is 115 Å². The minimum Gasteiger partial charge on any atom is -0.481 e. The van der Waals surface area contributed by atoms with Crippen LogP contribution in [-0.4, -0.2) is 22.0 Å². The van der Waals surface area contributed by atoms with E-state index in [1.807, 2.05) is 6.92 Å². The van der Waals surface area contributed by atoms with Gasteiger partial charge in [0, 0.05) is 17.1 Å². The van der Waals surface area contributed by atoms with E-state index in [0.29, 0.717) is 11.4 Å².